The highest BCUT2D eigenvalue weighted by atomic mass is 79.9. The molecule has 0 saturated carbocycles. The summed E-state index contributed by atoms with van der Waals surface area (Å²) in [7, 11) is 0. The Morgan fingerprint density at radius 2 is 2.06 bits per heavy atom. The van der Waals surface area contributed by atoms with Gasteiger partial charge in [-0.2, -0.15) is 0 Å². The van der Waals surface area contributed by atoms with E-state index >= 15 is 0 Å². The van der Waals surface area contributed by atoms with Gasteiger partial charge in [0.1, 0.15) is 0 Å². The Kier molecular flexibility index (Phi) is 4.50. The molecule has 2 rings (SSSR count). The standard InChI is InChI=1S/C12H10BrCl2NS/c13-12-4-8(6-17-12)11(16)3-7-1-2-9(14)5-10(7)15/h1-2,4-6,11H,3,16H2. The molecule has 0 aliphatic rings. The van der Waals surface area contributed by atoms with Crippen molar-refractivity contribution in [2.24, 2.45) is 5.73 Å². The number of thiophene rings is 1. The predicted molar refractivity (Wildman–Crippen MR) is 79.1 cm³/mol. The third kappa shape index (κ3) is 3.46. The Labute approximate surface area is 123 Å². The normalized spacial score (nSPS) is 12.7. The Balaban J connectivity index is 2.15. The molecule has 1 heterocycles. The number of rotatable bonds is 3. The van der Waals surface area contributed by atoms with Gasteiger partial charge in [0.15, 0.2) is 0 Å². The summed E-state index contributed by atoms with van der Waals surface area (Å²) in [5.41, 5.74) is 8.28. The Bertz CT molecular complexity index is 527. The van der Waals surface area contributed by atoms with E-state index in [2.05, 4.69) is 21.3 Å². The van der Waals surface area contributed by atoms with E-state index in [4.69, 9.17) is 28.9 Å². The van der Waals surface area contributed by atoms with Crippen LogP contribution in [0.5, 0.6) is 0 Å². The van der Waals surface area contributed by atoms with Crippen LogP contribution in [-0.2, 0) is 6.42 Å². The third-order valence-corrected chi connectivity index (χ3v) is 4.58. The number of hydrogen-bond donors (Lipinski definition) is 1. The summed E-state index contributed by atoms with van der Waals surface area (Å²) in [5, 5.41) is 3.37. The van der Waals surface area contributed by atoms with Crippen molar-refractivity contribution in [1.29, 1.82) is 0 Å². The summed E-state index contributed by atoms with van der Waals surface area (Å²) in [6, 6.07) is 7.50. The molecule has 2 N–H and O–H groups in total. The fourth-order valence-electron chi connectivity index (χ4n) is 1.56. The lowest BCUT2D eigenvalue weighted by Gasteiger charge is -2.11. The van der Waals surface area contributed by atoms with Gasteiger partial charge in [-0.15, -0.1) is 11.3 Å². The zero-order chi connectivity index (χ0) is 12.4. The number of halogens is 3. The van der Waals surface area contributed by atoms with E-state index in [9.17, 15) is 0 Å². The largest absolute Gasteiger partial charge is 0.324 e. The van der Waals surface area contributed by atoms with Crippen molar-refractivity contribution >= 4 is 50.5 Å². The van der Waals surface area contributed by atoms with Gasteiger partial charge < -0.3 is 5.73 Å². The van der Waals surface area contributed by atoms with Crippen molar-refractivity contribution in [1.82, 2.24) is 0 Å². The van der Waals surface area contributed by atoms with Crippen LogP contribution in [0, 0.1) is 0 Å². The first kappa shape index (κ1) is 13.4. The second-order valence-electron chi connectivity index (χ2n) is 3.73. The fourth-order valence-corrected chi connectivity index (χ4v) is 3.29. The highest BCUT2D eigenvalue weighted by Gasteiger charge is 2.11. The topological polar surface area (TPSA) is 26.0 Å². The van der Waals surface area contributed by atoms with Gasteiger partial charge in [-0.25, -0.2) is 0 Å². The molecule has 0 aliphatic carbocycles. The molecule has 0 saturated heterocycles. The van der Waals surface area contributed by atoms with E-state index in [-0.39, 0.29) is 6.04 Å². The molecule has 1 aromatic heterocycles. The maximum atomic E-state index is 6.14. The van der Waals surface area contributed by atoms with Crippen molar-refractivity contribution in [3.8, 4) is 0 Å². The Morgan fingerprint density at radius 3 is 2.65 bits per heavy atom. The minimum atomic E-state index is -0.0452. The molecule has 0 amide bonds. The van der Waals surface area contributed by atoms with E-state index in [1.165, 1.54) is 0 Å². The van der Waals surface area contributed by atoms with E-state index in [1.54, 1.807) is 17.4 Å². The van der Waals surface area contributed by atoms with Gasteiger partial charge in [-0.05, 0) is 57.1 Å². The second-order valence-corrected chi connectivity index (χ2v) is 6.86. The van der Waals surface area contributed by atoms with Crippen LogP contribution in [0.4, 0.5) is 0 Å². The molecular formula is C12H10BrCl2NS. The monoisotopic (exact) mass is 349 g/mol. The predicted octanol–water partition coefficient (Wildman–Crippen LogP) is 5.06. The van der Waals surface area contributed by atoms with Crippen LogP contribution < -0.4 is 5.73 Å². The van der Waals surface area contributed by atoms with Crippen LogP contribution >= 0.6 is 50.5 Å². The number of hydrogen-bond acceptors (Lipinski definition) is 2. The van der Waals surface area contributed by atoms with Crippen molar-refractivity contribution in [2.45, 2.75) is 12.5 Å². The van der Waals surface area contributed by atoms with E-state index in [0.717, 1.165) is 14.9 Å². The van der Waals surface area contributed by atoms with Crippen LogP contribution in [0.25, 0.3) is 0 Å². The van der Waals surface area contributed by atoms with Gasteiger partial charge in [0.2, 0.25) is 0 Å². The lowest BCUT2D eigenvalue weighted by atomic mass is 10.0. The summed E-state index contributed by atoms with van der Waals surface area (Å²) in [6.45, 7) is 0. The molecule has 0 aliphatic heterocycles. The highest BCUT2D eigenvalue weighted by molar-refractivity contribution is 9.11. The van der Waals surface area contributed by atoms with Crippen LogP contribution in [0.2, 0.25) is 10.0 Å². The van der Waals surface area contributed by atoms with E-state index < -0.39 is 0 Å². The van der Waals surface area contributed by atoms with Crippen molar-refractivity contribution < 1.29 is 0 Å². The highest BCUT2D eigenvalue weighted by Crippen LogP contribution is 2.28. The lowest BCUT2D eigenvalue weighted by molar-refractivity contribution is 0.725. The molecule has 0 bridgehead atoms. The second kappa shape index (κ2) is 5.72. The average Bonchev–Trinajstić information content (AvgIpc) is 2.69. The van der Waals surface area contributed by atoms with Crippen molar-refractivity contribution in [3.63, 3.8) is 0 Å². The molecule has 1 nitrogen and oxygen atoms in total. The fraction of sp³-hybridized carbons (Fsp3) is 0.167. The van der Waals surface area contributed by atoms with Crippen LogP contribution in [0.1, 0.15) is 17.2 Å². The first-order valence-corrected chi connectivity index (χ1v) is 7.42. The van der Waals surface area contributed by atoms with Crippen LogP contribution in [0.3, 0.4) is 0 Å². The lowest BCUT2D eigenvalue weighted by Crippen LogP contribution is -2.12. The first-order chi connectivity index (χ1) is 8.06. The quantitative estimate of drug-likeness (QED) is 0.822. The van der Waals surface area contributed by atoms with Crippen LogP contribution in [0.15, 0.2) is 33.4 Å². The molecule has 0 fully saturated rings. The molecular weight excluding hydrogens is 341 g/mol. The maximum absolute atomic E-state index is 6.14. The van der Waals surface area contributed by atoms with Gasteiger partial charge >= 0.3 is 0 Å². The SMILES string of the molecule is NC(Cc1ccc(Cl)cc1Cl)c1csc(Br)c1. The summed E-state index contributed by atoms with van der Waals surface area (Å²) in [5.74, 6) is 0. The van der Waals surface area contributed by atoms with Crippen molar-refractivity contribution in [3.05, 3.63) is 54.6 Å². The third-order valence-electron chi connectivity index (χ3n) is 2.47. The zero-order valence-corrected chi connectivity index (χ0v) is 12.7. The zero-order valence-electron chi connectivity index (χ0n) is 8.79. The van der Waals surface area contributed by atoms with Crippen LogP contribution in [-0.4, -0.2) is 0 Å². The molecule has 0 spiro atoms. The number of benzene rings is 1. The molecule has 5 heteroatoms. The summed E-state index contributed by atoms with van der Waals surface area (Å²) >= 11 is 17.0. The summed E-state index contributed by atoms with van der Waals surface area (Å²) < 4.78 is 1.09. The average molecular weight is 351 g/mol. The molecule has 1 unspecified atom stereocenters. The molecule has 1 aromatic carbocycles. The molecule has 17 heavy (non-hydrogen) atoms. The minimum Gasteiger partial charge on any atom is -0.324 e. The molecule has 0 radical (unpaired) electrons. The van der Waals surface area contributed by atoms with Gasteiger partial charge in [0.05, 0.1) is 3.79 Å². The smallest absolute Gasteiger partial charge is 0.0701 e. The minimum absolute atomic E-state index is 0.0452. The Hall–Kier alpha value is -0.0600. The van der Waals surface area contributed by atoms with Gasteiger partial charge in [-0.1, -0.05) is 29.3 Å². The first-order valence-electron chi connectivity index (χ1n) is 4.99. The Morgan fingerprint density at radius 1 is 1.29 bits per heavy atom. The molecule has 2 aromatic rings. The van der Waals surface area contributed by atoms with E-state index in [1.807, 2.05) is 18.2 Å². The van der Waals surface area contributed by atoms with Gasteiger partial charge in [-0.3, -0.25) is 0 Å². The molecule has 90 valence electrons. The summed E-state index contributed by atoms with van der Waals surface area (Å²) in [6.07, 6.45) is 0.708. The molecule has 1 atom stereocenters. The van der Waals surface area contributed by atoms with Crippen molar-refractivity contribution in [2.75, 3.05) is 0 Å². The van der Waals surface area contributed by atoms with Gasteiger partial charge in [0, 0.05) is 16.1 Å². The van der Waals surface area contributed by atoms with Gasteiger partial charge in [0.25, 0.3) is 0 Å². The summed E-state index contributed by atoms with van der Waals surface area (Å²) in [4.78, 5) is 0. The van der Waals surface area contributed by atoms with E-state index in [0.29, 0.717) is 16.5 Å². The maximum Gasteiger partial charge on any atom is 0.0701 e. The number of nitrogens with two attached hydrogens (primary N) is 1.